The molecule has 2 aromatic heterocycles. The van der Waals surface area contributed by atoms with Gasteiger partial charge in [0.15, 0.2) is 0 Å². The Labute approximate surface area is 151 Å². The molecule has 0 aliphatic carbocycles. The van der Waals surface area contributed by atoms with Crippen LogP contribution in [0.5, 0.6) is 11.9 Å². The number of piperidine rings is 1. The largest absolute Gasteiger partial charge is 0.481 e. The molecule has 8 heteroatoms. The number of hydrogen-bond donors (Lipinski definition) is 1. The van der Waals surface area contributed by atoms with Crippen LogP contribution in [0.3, 0.4) is 0 Å². The number of aliphatic hydroxyl groups is 1. The Kier molecular flexibility index (Phi) is 4.28. The maximum absolute atomic E-state index is 12.4. The lowest BCUT2D eigenvalue weighted by atomic mass is 9.78. The number of rotatable bonds is 4. The number of ether oxygens (including phenoxy) is 2. The minimum absolute atomic E-state index is 0.0462. The molecule has 0 unspecified atom stereocenters. The number of hydrogen-bond acceptors (Lipinski definition) is 7. The third-order valence-corrected chi connectivity index (χ3v) is 5.37. The van der Waals surface area contributed by atoms with E-state index in [1.807, 2.05) is 6.07 Å². The van der Waals surface area contributed by atoms with Crippen LogP contribution in [-0.4, -0.2) is 53.6 Å². The molecule has 2 aromatic rings. The van der Waals surface area contributed by atoms with Gasteiger partial charge in [0.2, 0.25) is 5.88 Å². The van der Waals surface area contributed by atoms with Crippen LogP contribution in [-0.2, 0) is 0 Å². The van der Waals surface area contributed by atoms with Crippen molar-refractivity contribution in [1.82, 2.24) is 14.5 Å². The van der Waals surface area contributed by atoms with Crippen LogP contribution in [0, 0.1) is 5.92 Å². The summed E-state index contributed by atoms with van der Waals surface area (Å²) in [4.78, 5) is 23.1. The molecule has 3 atom stereocenters. The van der Waals surface area contributed by atoms with Gasteiger partial charge in [-0.05, 0) is 12.5 Å². The summed E-state index contributed by atoms with van der Waals surface area (Å²) < 4.78 is 12.2. The van der Waals surface area contributed by atoms with Crippen molar-refractivity contribution in [3.05, 3.63) is 40.3 Å². The van der Waals surface area contributed by atoms with Gasteiger partial charge in [-0.1, -0.05) is 6.07 Å². The van der Waals surface area contributed by atoms with Crippen LogP contribution >= 0.6 is 0 Å². The number of nitrogens with zero attached hydrogens (tertiary/aromatic N) is 4. The summed E-state index contributed by atoms with van der Waals surface area (Å²) in [5.74, 6) is 1.54. The zero-order valence-electron chi connectivity index (χ0n) is 14.8. The molecule has 0 saturated carbocycles. The Hall–Kier alpha value is -2.61. The molecule has 1 N–H and O–H groups in total. The maximum atomic E-state index is 12.4. The van der Waals surface area contributed by atoms with Crippen molar-refractivity contribution >= 4 is 5.82 Å². The van der Waals surface area contributed by atoms with Gasteiger partial charge >= 0.3 is 6.01 Å². The van der Waals surface area contributed by atoms with E-state index in [0.717, 1.165) is 24.5 Å². The standard InChI is InChI=1S/C18H22N4O4/c1-25-16-7-15(19-18(20-16)26-2)21-8-11-6-12(9-21)14(10-23)22-13(11)4-3-5-17(22)24/h3-5,7,11-12,14,23H,6,8-10H2,1-2H3/t11-,12+,14+/m1/s1. The van der Waals surface area contributed by atoms with Gasteiger partial charge in [-0.25, -0.2) is 0 Å². The number of aliphatic hydroxyl groups excluding tert-OH is 1. The predicted octanol–water partition coefficient (Wildman–Crippen LogP) is 0.813. The highest BCUT2D eigenvalue weighted by atomic mass is 16.5. The van der Waals surface area contributed by atoms with Gasteiger partial charge in [-0.2, -0.15) is 9.97 Å². The van der Waals surface area contributed by atoms with Crippen LogP contribution in [0.4, 0.5) is 5.82 Å². The Morgan fingerprint density at radius 2 is 2.08 bits per heavy atom. The first-order valence-corrected chi connectivity index (χ1v) is 8.69. The molecule has 26 heavy (non-hydrogen) atoms. The number of fused-ring (bicyclic) bond motifs is 4. The second kappa shape index (κ2) is 6.60. The van der Waals surface area contributed by atoms with Crippen molar-refractivity contribution in [1.29, 1.82) is 0 Å². The van der Waals surface area contributed by atoms with Gasteiger partial charge in [-0.15, -0.1) is 0 Å². The van der Waals surface area contributed by atoms with E-state index >= 15 is 0 Å². The molecule has 2 aliphatic heterocycles. The van der Waals surface area contributed by atoms with E-state index in [1.54, 1.807) is 29.9 Å². The first-order chi connectivity index (χ1) is 12.6. The summed E-state index contributed by atoms with van der Waals surface area (Å²) in [5, 5.41) is 9.95. The molecule has 138 valence electrons. The molecular formula is C18H22N4O4. The molecule has 8 nitrogen and oxygen atoms in total. The summed E-state index contributed by atoms with van der Waals surface area (Å²) in [6, 6.07) is 7.16. The average molecular weight is 358 g/mol. The van der Waals surface area contributed by atoms with Crippen molar-refractivity contribution in [2.75, 3.05) is 38.8 Å². The summed E-state index contributed by atoms with van der Waals surface area (Å²) >= 11 is 0. The molecule has 1 saturated heterocycles. The maximum Gasteiger partial charge on any atom is 0.321 e. The van der Waals surface area contributed by atoms with Crippen LogP contribution < -0.4 is 19.9 Å². The highest BCUT2D eigenvalue weighted by molar-refractivity contribution is 5.45. The molecule has 0 spiro atoms. The van der Waals surface area contributed by atoms with Crippen molar-refractivity contribution in [2.45, 2.75) is 18.4 Å². The normalized spacial score (nSPS) is 24.1. The molecule has 2 bridgehead atoms. The van der Waals surface area contributed by atoms with E-state index in [9.17, 15) is 9.90 Å². The van der Waals surface area contributed by atoms with Gasteiger partial charge < -0.3 is 24.0 Å². The van der Waals surface area contributed by atoms with E-state index in [1.165, 1.54) is 7.11 Å². The van der Waals surface area contributed by atoms with E-state index in [-0.39, 0.29) is 36.1 Å². The van der Waals surface area contributed by atoms with Crippen molar-refractivity contribution in [2.24, 2.45) is 5.92 Å². The van der Waals surface area contributed by atoms with Gasteiger partial charge in [0, 0.05) is 42.8 Å². The zero-order chi connectivity index (χ0) is 18.3. The number of pyridine rings is 1. The molecule has 2 aliphatic rings. The number of methoxy groups -OCH3 is 2. The van der Waals surface area contributed by atoms with E-state index in [2.05, 4.69) is 14.9 Å². The SMILES string of the molecule is COc1cc(N2C[C@H]3C[C@@H](C2)[C@H](CO)n2c3cccc2=O)nc(OC)n1. The fourth-order valence-corrected chi connectivity index (χ4v) is 4.21. The quantitative estimate of drug-likeness (QED) is 0.865. The van der Waals surface area contributed by atoms with Crippen LogP contribution in [0.15, 0.2) is 29.1 Å². The van der Waals surface area contributed by atoms with Gasteiger partial charge in [0.1, 0.15) is 5.82 Å². The lowest BCUT2D eigenvalue weighted by Gasteiger charge is -2.46. The minimum Gasteiger partial charge on any atom is -0.481 e. The molecular weight excluding hydrogens is 336 g/mol. The summed E-state index contributed by atoms with van der Waals surface area (Å²) in [6.45, 7) is 1.38. The van der Waals surface area contributed by atoms with Crippen molar-refractivity contribution in [3.63, 3.8) is 0 Å². The van der Waals surface area contributed by atoms with Gasteiger partial charge in [0.05, 0.1) is 26.9 Å². The second-order valence-corrected chi connectivity index (χ2v) is 6.76. The first kappa shape index (κ1) is 16.8. The third kappa shape index (κ3) is 2.70. The Balaban J connectivity index is 1.73. The first-order valence-electron chi connectivity index (χ1n) is 8.69. The van der Waals surface area contributed by atoms with E-state index in [4.69, 9.17) is 9.47 Å². The zero-order valence-corrected chi connectivity index (χ0v) is 14.8. The Morgan fingerprint density at radius 3 is 2.81 bits per heavy atom. The smallest absolute Gasteiger partial charge is 0.321 e. The highest BCUT2D eigenvalue weighted by Gasteiger charge is 2.40. The van der Waals surface area contributed by atoms with Gasteiger partial charge in [-0.3, -0.25) is 4.79 Å². The van der Waals surface area contributed by atoms with Crippen LogP contribution in [0.25, 0.3) is 0 Å². The van der Waals surface area contributed by atoms with E-state index < -0.39 is 0 Å². The lowest BCUT2D eigenvalue weighted by Crippen LogP contribution is -2.50. The number of anilines is 1. The topological polar surface area (TPSA) is 89.7 Å². The van der Waals surface area contributed by atoms with Crippen molar-refractivity contribution < 1.29 is 14.6 Å². The molecule has 1 fully saturated rings. The molecule has 0 radical (unpaired) electrons. The molecule has 4 rings (SSSR count). The van der Waals surface area contributed by atoms with E-state index in [0.29, 0.717) is 12.4 Å². The van der Waals surface area contributed by atoms with Crippen LogP contribution in [0.1, 0.15) is 24.1 Å². The third-order valence-electron chi connectivity index (χ3n) is 5.37. The number of aromatic nitrogens is 3. The monoisotopic (exact) mass is 358 g/mol. The fourth-order valence-electron chi connectivity index (χ4n) is 4.21. The lowest BCUT2D eigenvalue weighted by molar-refractivity contribution is 0.132. The molecule has 0 aromatic carbocycles. The predicted molar refractivity (Wildman–Crippen MR) is 95.0 cm³/mol. The average Bonchev–Trinajstić information content (AvgIpc) is 2.68. The fraction of sp³-hybridized carbons (Fsp3) is 0.500. The molecule has 0 amide bonds. The minimum atomic E-state index is -0.219. The summed E-state index contributed by atoms with van der Waals surface area (Å²) in [5.41, 5.74) is 0.931. The van der Waals surface area contributed by atoms with Crippen LogP contribution in [0.2, 0.25) is 0 Å². The summed E-state index contributed by atoms with van der Waals surface area (Å²) in [6.07, 6.45) is 0.949. The van der Waals surface area contributed by atoms with Crippen molar-refractivity contribution in [3.8, 4) is 11.9 Å². The Morgan fingerprint density at radius 1 is 1.23 bits per heavy atom. The Bertz CT molecular complexity index is 846. The molecule has 4 heterocycles. The summed E-state index contributed by atoms with van der Waals surface area (Å²) in [7, 11) is 3.08. The highest BCUT2D eigenvalue weighted by Crippen LogP contribution is 2.42. The van der Waals surface area contributed by atoms with Gasteiger partial charge in [0.25, 0.3) is 5.56 Å². The second-order valence-electron chi connectivity index (χ2n) is 6.76.